The molecule has 0 unspecified atom stereocenters. The van der Waals surface area contributed by atoms with Crippen LogP contribution in [0.4, 0.5) is 0 Å². The predicted molar refractivity (Wildman–Crippen MR) is 99.3 cm³/mol. The van der Waals surface area contributed by atoms with E-state index in [1.54, 1.807) is 32.9 Å². The number of benzene rings is 1. The van der Waals surface area contributed by atoms with Crippen LogP contribution in [0.15, 0.2) is 24.3 Å². The van der Waals surface area contributed by atoms with Crippen molar-refractivity contribution in [1.82, 2.24) is 10.3 Å². The number of ether oxygens (including phenoxy) is 1. The summed E-state index contributed by atoms with van der Waals surface area (Å²) < 4.78 is 5.06. The van der Waals surface area contributed by atoms with Crippen LogP contribution in [0.1, 0.15) is 45.9 Å². The summed E-state index contributed by atoms with van der Waals surface area (Å²) in [5, 5.41) is 13.1. The highest BCUT2D eigenvalue weighted by atomic mass is 35.5. The van der Waals surface area contributed by atoms with Crippen LogP contribution in [0.3, 0.4) is 0 Å². The molecule has 0 spiro atoms. The SMILES string of the molecule is Cc1[nH]c(C(=O)OCC(=O)NCCc2ccc(Cl)cc2)c(C)c1[C@@H](C)O. The van der Waals surface area contributed by atoms with Crippen molar-refractivity contribution in [1.29, 1.82) is 0 Å². The van der Waals surface area contributed by atoms with E-state index in [0.29, 0.717) is 34.8 Å². The van der Waals surface area contributed by atoms with Crippen molar-refractivity contribution in [2.45, 2.75) is 33.3 Å². The minimum atomic E-state index is -0.691. The summed E-state index contributed by atoms with van der Waals surface area (Å²) in [5.41, 5.74) is 3.31. The lowest BCUT2D eigenvalue weighted by Crippen LogP contribution is -2.30. The highest BCUT2D eigenvalue weighted by Crippen LogP contribution is 2.24. The van der Waals surface area contributed by atoms with Crippen molar-refractivity contribution < 1.29 is 19.4 Å². The summed E-state index contributed by atoms with van der Waals surface area (Å²) in [4.78, 5) is 26.9. The molecule has 0 aliphatic carbocycles. The molecule has 1 heterocycles. The van der Waals surface area contributed by atoms with Gasteiger partial charge in [-0.05, 0) is 50.5 Å². The Morgan fingerprint density at radius 3 is 2.50 bits per heavy atom. The topological polar surface area (TPSA) is 91.4 Å². The third-order valence-electron chi connectivity index (χ3n) is 4.10. The van der Waals surface area contributed by atoms with E-state index in [2.05, 4.69) is 10.3 Å². The van der Waals surface area contributed by atoms with Crippen LogP contribution in [0.25, 0.3) is 0 Å². The Hall–Kier alpha value is -2.31. The van der Waals surface area contributed by atoms with Crippen LogP contribution in [0.5, 0.6) is 0 Å². The van der Waals surface area contributed by atoms with Crippen LogP contribution >= 0.6 is 11.6 Å². The van der Waals surface area contributed by atoms with Crippen molar-refractivity contribution in [3.05, 3.63) is 57.4 Å². The summed E-state index contributed by atoms with van der Waals surface area (Å²) in [6, 6.07) is 7.38. The number of aromatic nitrogens is 1. The third-order valence-corrected chi connectivity index (χ3v) is 4.35. The molecule has 3 N–H and O–H groups in total. The number of H-pyrrole nitrogens is 1. The van der Waals surface area contributed by atoms with Gasteiger partial charge in [0.15, 0.2) is 6.61 Å². The largest absolute Gasteiger partial charge is 0.451 e. The maximum Gasteiger partial charge on any atom is 0.355 e. The number of aryl methyl sites for hydroxylation is 1. The summed E-state index contributed by atoms with van der Waals surface area (Å²) in [6.07, 6.45) is -0.0345. The van der Waals surface area contributed by atoms with Gasteiger partial charge in [-0.2, -0.15) is 0 Å². The molecule has 0 saturated carbocycles. The monoisotopic (exact) mass is 378 g/mol. The number of nitrogens with one attached hydrogen (secondary N) is 2. The van der Waals surface area contributed by atoms with Crippen LogP contribution in [-0.2, 0) is 16.0 Å². The second-order valence-corrected chi connectivity index (χ2v) is 6.58. The molecular formula is C19H23ClN2O4. The van der Waals surface area contributed by atoms with Gasteiger partial charge in [-0.15, -0.1) is 0 Å². The van der Waals surface area contributed by atoms with E-state index in [1.165, 1.54) is 0 Å². The van der Waals surface area contributed by atoms with E-state index in [4.69, 9.17) is 16.3 Å². The van der Waals surface area contributed by atoms with Crippen molar-refractivity contribution in [3.8, 4) is 0 Å². The van der Waals surface area contributed by atoms with Gasteiger partial charge in [-0.3, -0.25) is 4.79 Å². The van der Waals surface area contributed by atoms with Gasteiger partial charge in [0.1, 0.15) is 5.69 Å². The predicted octanol–water partition coefficient (Wildman–Crippen LogP) is 2.85. The number of hydrogen-bond donors (Lipinski definition) is 3. The molecular weight excluding hydrogens is 356 g/mol. The molecule has 0 saturated heterocycles. The Kier molecular flexibility index (Phi) is 6.83. The lowest BCUT2D eigenvalue weighted by molar-refractivity contribution is -0.124. The minimum Gasteiger partial charge on any atom is -0.451 e. The number of aromatic amines is 1. The van der Waals surface area contributed by atoms with E-state index in [0.717, 1.165) is 5.56 Å². The lowest BCUT2D eigenvalue weighted by atomic mass is 10.1. The van der Waals surface area contributed by atoms with Crippen molar-refractivity contribution >= 4 is 23.5 Å². The molecule has 1 aromatic heterocycles. The molecule has 2 rings (SSSR count). The number of carbonyl (C=O) groups excluding carboxylic acids is 2. The normalized spacial score (nSPS) is 11.9. The average molecular weight is 379 g/mol. The fourth-order valence-corrected chi connectivity index (χ4v) is 2.97. The summed E-state index contributed by atoms with van der Waals surface area (Å²) in [5.74, 6) is -0.991. The number of rotatable bonds is 7. The second kappa shape index (κ2) is 8.87. The summed E-state index contributed by atoms with van der Waals surface area (Å²) in [7, 11) is 0. The van der Waals surface area contributed by atoms with Crippen molar-refractivity contribution in [2.24, 2.45) is 0 Å². The Morgan fingerprint density at radius 2 is 1.92 bits per heavy atom. The number of aliphatic hydroxyl groups excluding tert-OH is 1. The second-order valence-electron chi connectivity index (χ2n) is 6.14. The van der Waals surface area contributed by atoms with Crippen LogP contribution < -0.4 is 5.32 Å². The Bertz CT molecular complexity index is 782. The minimum absolute atomic E-state index is 0.257. The van der Waals surface area contributed by atoms with Crippen LogP contribution in [0, 0.1) is 13.8 Å². The quantitative estimate of drug-likeness (QED) is 0.646. The number of amides is 1. The number of esters is 1. The fraction of sp³-hybridized carbons (Fsp3) is 0.368. The Balaban J connectivity index is 1.81. The first kappa shape index (κ1) is 20.0. The highest BCUT2D eigenvalue weighted by molar-refractivity contribution is 6.30. The zero-order valence-electron chi connectivity index (χ0n) is 15.1. The Morgan fingerprint density at radius 1 is 1.27 bits per heavy atom. The molecule has 2 aromatic rings. The molecule has 1 aromatic carbocycles. The summed E-state index contributed by atoms with van der Waals surface area (Å²) in [6.45, 7) is 5.21. The molecule has 0 bridgehead atoms. The highest BCUT2D eigenvalue weighted by Gasteiger charge is 2.21. The Labute approximate surface area is 157 Å². The molecule has 0 fully saturated rings. The van der Waals surface area contributed by atoms with Crippen LogP contribution in [0.2, 0.25) is 5.02 Å². The van der Waals surface area contributed by atoms with Gasteiger partial charge in [-0.1, -0.05) is 23.7 Å². The van der Waals surface area contributed by atoms with E-state index in [9.17, 15) is 14.7 Å². The van der Waals surface area contributed by atoms with Crippen molar-refractivity contribution in [3.63, 3.8) is 0 Å². The molecule has 0 radical (unpaired) electrons. The molecule has 1 amide bonds. The maximum absolute atomic E-state index is 12.2. The van der Waals surface area contributed by atoms with Gasteiger partial charge in [0.05, 0.1) is 6.10 Å². The number of aliphatic hydroxyl groups is 1. The van der Waals surface area contributed by atoms with Gasteiger partial charge in [-0.25, -0.2) is 4.79 Å². The van der Waals surface area contributed by atoms with E-state index >= 15 is 0 Å². The maximum atomic E-state index is 12.2. The molecule has 26 heavy (non-hydrogen) atoms. The van der Waals surface area contributed by atoms with Gasteiger partial charge < -0.3 is 20.1 Å². The molecule has 1 atom stereocenters. The van der Waals surface area contributed by atoms with E-state index in [-0.39, 0.29) is 18.2 Å². The van der Waals surface area contributed by atoms with E-state index in [1.807, 2.05) is 12.1 Å². The number of hydrogen-bond acceptors (Lipinski definition) is 4. The fourth-order valence-electron chi connectivity index (χ4n) is 2.85. The van der Waals surface area contributed by atoms with Crippen molar-refractivity contribution in [2.75, 3.05) is 13.2 Å². The molecule has 140 valence electrons. The molecule has 7 heteroatoms. The average Bonchev–Trinajstić information content (AvgIpc) is 2.89. The zero-order chi connectivity index (χ0) is 19.3. The number of carbonyl (C=O) groups is 2. The molecule has 6 nitrogen and oxygen atoms in total. The van der Waals surface area contributed by atoms with Gasteiger partial charge in [0.2, 0.25) is 0 Å². The van der Waals surface area contributed by atoms with Crippen LogP contribution in [-0.4, -0.2) is 35.1 Å². The lowest BCUT2D eigenvalue weighted by Gasteiger charge is -2.07. The first-order valence-corrected chi connectivity index (χ1v) is 8.72. The first-order chi connectivity index (χ1) is 12.3. The van der Waals surface area contributed by atoms with Gasteiger partial charge >= 0.3 is 5.97 Å². The van der Waals surface area contributed by atoms with Gasteiger partial charge in [0.25, 0.3) is 5.91 Å². The standard InChI is InChI=1S/C19H23ClN2O4/c1-11-17(13(3)23)12(2)22-18(11)19(25)26-10-16(24)21-9-8-14-4-6-15(20)7-5-14/h4-7,13,22-23H,8-10H2,1-3H3,(H,21,24)/t13-/m1/s1. The summed E-state index contributed by atoms with van der Waals surface area (Å²) >= 11 is 5.82. The van der Waals surface area contributed by atoms with Gasteiger partial charge in [0, 0.05) is 22.8 Å². The molecule has 0 aliphatic heterocycles. The zero-order valence-corrected chi connectivity index (χ0v) is 15.8. The number of halogens is 1. The first-order valence-electron chi connectivity index (χ1n) is 8.35. The smallest absolute Gasteiger partial charge is 0.355 e. The molecule has 0 aliphatic rings. The van der Waals surface area contributed by atoms with E-state index < -0.39 is 12.1 Å². The third kappa shape index (κ3) is 5.09.